The molecule has 0 amide bonds. The fourth-order valence-electron chi connectivity index (χ4n) is 0.618. The summed E-state index contributed by atoms with van der Waals surface area (Å²) in [5.41, 5.74) is 0. The van der Waals surface area contributed by atoms with E-state index in [0.29, 0.717) is 0 Å². The van der Waals surface area contributed by atoms with Gasteiger partial charge in [-0.2, -0.15) is 0 Å². The molecule has 2 radical (unpaired) electrons. The summed E-state index contributed by atoms with van der Waals surface area (Å²) in [7, 11) is 0. The van der Waals surface area contributed by atoms with Gasteiger partial charge in [-0.05, 0) is 0 Å². The molecular formula is C6H12LiNaO6. The molecule has 0 aromatic heterocycles. The first-order valence-corrected chi connectivity index (χ1v) is 3.33. The Kier molecular flexibility index (Phi) is 15.5. The van der Waals surface area contributed by atoms with Crippen LogP contribution in [-0.2, 0) is 4.79 Å². The molecule has 0 heterocycles. The van der Waals surface area contributed by atoms with Crippen molar-refractivity contribution in [1.29, 1.82) is 0 Å². The predicted molar refractivity (Wildman–Crippen MR) is 48.7 cm³/mol. The van der Waals surface area contributed by atoms with Gasteiger partial charge in [-0.25, -0.2) is 0 Å². The fourth-order valence-corrected chi connectivity index (χ4v) is 0.618. The van der Waals surface area contributed by atoms with Gasteiger partial charge in [0, 0.05) is 48.4 Å². The molecule has 14 heavy (non-hydrogen) atoms. The third kappa shape index (κ3) is 6.53. The zero-order valence-corrected chi connectivity index (χ0v) is 10.2. The third-order valence-electron chi connectivity index (χ3n) is 1.42. The number of aliphatic hydroxyl groups excluding tert-OH is 5. The van der Waals surface area contributed by atoms with Crippen molar-refractivity contribution in [3.63, 3.8) is 0 Å². The smallest absolute Gasteiger partial charge is 0.151 e. The van der Waals surface area contributed by atoms with E-state index in [1.165, 1.54) is 0 Å². The number of rotatable bonds is 5. The Morgan fingerprint density at radius 2 is 1.50 bits per heavy atom. The van der Waals surface area contributed by atoms with Gasteiger partial charge in [0.15, 0.2) is 6.29 Å². The summed E-state index contributed by atoms with van der Waals surface area (Å²) in [6.45, 7) is -0.760. The van der Waals surface area contributed by atoms with Gasteiger partial charge in [-0.15, -0.1) is 0 Å². The molecule has 5 N–H and O–H groups in total. The van der Waals surface area contributed by atoms with E-state index >= 15 is 0 Å². The normalized spacial score (nSPS) is 18.1. The van der Waals surface area contributed by atoms with E-state index < -0.39 is 31.0 Å². The van der Waals surface area contributed by atoms with Gasteiger partial charge >= 0.3 is 0 Å². The maximum atomic E-state index is 9.90. The van der Waals surface area contributed by atoms with E-state index in [0.717, 1.165) is 0 Å². The quantitative estimate of drug-likeness (QED) is 0.232. The molecular weight excluding hydrogens is 198 g/mol. The van der Waals surface area contributed by atoms with Crippen LogP contribution in [0.2, 0.25) is 0 Å². The van der Waals surface area contributed by atoms with Crippen molar-refractivity contribution in [2.24, 2.45) is 0 Å². The molecule has 0 aliphatic carbocycles. The van der Waals surface area contributed by atoms with Crippen molar-refractivity contribution in [2.45, 2.75) is 24.4 Å². The van der Waals surface area contributed by atoms with E-state index in [-0.39, 0.29) is 54.7 Å². The first-order chi connectivity index (χ1) is 5.54. The summed E-state index contributed by atoms with van der Waals surface area (Å²) in [5.74, 6) is 0. The molecule has 0 saturated heterocycles. The minimum absolute atomic E-state index is 0. The van der Waals surface area contributed by atoms with E-state index in [1.54, 1.807) is 0 Å². The molecule has 0 aliphatic rings. The standard InChI is InChI=1S/C6H12O6.Li.Na/c7-1-3(9)5(11)6(12)4(10)2-8;;/h1,3-6,8-12H,2H2;;/t3-,4+,5+,6+;;/m0../s1. The molecule has 0 aromatic carbocycles. The van der Waals surface area contributed by atoms with E-state index in [9.17, 15) is 4.79 Å². The summed E-state index contributed by atoms with van der Waals surface area (Å²) in [4.78, 5) is 9.90. The molecule has 74 valence electrons. The van der Waals surface area contributed by atoms with Crippen molar-refractivity contribution in [3.05, 3.63) is 0 Å². The Balaban J connectivity index is -0.000000605. The second kappa shape index (κ2) is 10.6. The zero-order valence-electron chi connectivity index (χ0n) is 8.24. The van der Waals surface area contributed by atoms with Crippen molar-refractivity contribution in [3.8, 4) is 0 Å². The number of carbonyl (C=O) groups is 1. The number of aliphatic hydroxyl groups is 5. The zero-order chi connectivity index (χ0) is 9.72. The Hall–Kier alpha value is 1.07. The van der Waals surface area contributed by atoms with Crippen LogP contribution in [0.5, 0.6) is 0 Å². The Morgan fingerprint density at radius 1 is 1.07 bits per heavy atom. The van der Waals surface area contributed by atoms with Crippen molar-refractivity contribution in [1.82, 2.24) is 0 Å². The molecule has 0 aromatic rings. The number of hydrogen-bond acceptors (Lipinski definition) is 6. The van der Waals surface area contributed by atoms with Gasteiger partial charge in [0.2, 0.25) is 0 Å². The number of hydrogen-bond donors (Lipinski definition) is 5. The molecule has 0 aliphatic heterocycles. The van der Waals surface area contributed by atoms with Crippen molar-refractivity contribution >= 4 is 54.7 Å². The maximum Gasteiger partial charge on any atom is 0.151 e. The summed E-state index contributed by atoms with van der Waals surface area (Å²) in [6.07, 6.45) is -6.84. The molecule has 4 atom stereocenters. The molecule has 6 nitrogen and oxygen atoms in total. The molecule has 8 heteroatoms. The van der Waals surface area contributed by atoms with Gasteiger partial charge in [-0.3, -0.25) is 0 Å². The minimum atomic E-state index is -1.79. The van der Waals surface area contributed by atoms with Gasteiger partial charge in [0.1, 0.15) is 24.4 Å². The van der Waals surface area contributed by atoms with E-state index in [4.69, 9.17) is 25.5 Å². The largest absolute Gasteiger partial charge is 0.394 e. The van der Waals surface area contributed by atoms with E-state index in [2.05, 4.69) is 0 Å². The summed E-state index contributed by atoms with van der Waals surface area (Å²) >= 11 is 0. The minimum Gasteiger partial charge on any atom is -0.394 e. The number of aldehydes is 1. The van der Waals surface area contributed by atoms with Crippen LogP contribution in [0, 0.1) is 0 Å². The Labute approximate surface area is 115 Å². The second-order valence-corrected chi connectivity index (χ2v) is 2.36. The topological polar surface area (TPSA) is 118 Å². The second-order valence-electron chi connectivity index (χ2n) is 2.36. The average Bonchev–Trinajstić information content (AvgIpc) is 2.12. The summed E-state index contributed by atoms with van der Waals surface area (Å²) in [6, 6.07) is 0. The maximum absolute atomic E-state index is 9.90. The van der Waals surface area contributed by atoms with Crippen molar-refractivity contribution in [2.75, 3.05) is 6.61 Å². The SMILES string of the molecule is O=C[C@H](O)[C@@H](O)[C@H](O)[C@H](O)CO.[Li].[Na]. The first kappa shape index (κ1) is 20.5. The van der Waals surface area contributed by atoms with Crippen molar-refractivity contribution < 1.29 is 30.3 Å². The summed E-state index contributed by atoms with van der Waals surface area (Å²) in [5, 5.41) is 43.5. The van der Waals surface area contributed by atoms with Crippen LogP contribution in [0.4, 0.5) is 0 Å². The first-order valence-electron chi connectivity index (χ1n) is 3.33. The van der Waals surface area contributed by atoms with Crippen LogP contribution in [0.25, 0.3) is 0 Å². The average molecular weight is 210 g/mol. The molecule has 0 spiro atoms. The molecule has 0 bridgehead atoms. The van der Waals surface area contributed by atoms with Crippen LogP contribution in [0.3, 0.4) is 0 Å². The number of carbonyl (C=O) groups excluding carboxylic acids is 1. The van der Waals surface area contributed by atoms with Gasteiger partial charge in [-0.1, -0.05) is 0 Å². The molecule has 0 fully saturated rings. The molecule has 0 unspecified atom stereocenters. The van der Waals surface area contributed by atoms with Crippen LogP contribution < -0.4 is 0 Å². The van der Waals surface area contributed by atoms with E-state index in [1.807, 2.05) is 0 Å². The predicted octanol–water partition coefficient (Wildman–Crippen LogP) is -4.14. The van der Waals surface area contributed by atoms with Gasteiger partial charge in [0.25, 0.3) is 0 Å². The Morgan fingerprint density at radius 3 is 1.79 bits per heavy atom. The van der Waals surface area contributed by atoms with Crippen LogP contribution in [0.15, 0.2) is 0 Å². The van der Waals surface area contributed by atoms with Gasteiger partial charge < -0.3 is 30.3 Å². The van der Waals surface area contributed by atoms with Crippen LogP contribution in [-0.4, -0.2) is 111 Å². The Bertz CT molecular complexity index is 148. The third-order valence-corrected chi connectivity index (χ3v) is 1.42. The van der Waals surface area contributed by atoms with Crippen LogP contribution >= 0.6 is 0 Å². The fraction of sp³-hybridized carbons (Fsp3) is 0.833. The monoisotopic (exact) mass is 210 g/mol. The van der Waals surface area contributed by atoms with Crippen LogP contribution in [0.1, 0.15) is 0 Å². The molecule has 0 saturated carbocycles. The summed E-state index contributed by atoms with van der Waals surface area (Å²) < 4.78 is 0. The van der Waals surface area contributed by atoms with Gasteiger partial charge in [0.05, 0.1) is 6.61 Å². The molecule has 0 rings (SSSR count).